The summed E-state index contributed by atoms with van der Waals surface area (Å²) in [5, 5.41) is 14.4. The predicted octanol–water partition coefficient (Wildman–Crippen LogP) is 2.77. The molecule has 1 heterocycles. The van der Waals surface area contributed by atoms with Gasteiger partial charge in [0.15, 0.2) is 0 Å². The molecule has 0 radical (unpaired) electrons. The van der Waals surface area contributed by atoms with Crippen LogP contribution >= 0.6 is 0 Å². The molecule has 2 atom stereocenters. The minimum atomic E-state index is 0.0263. The first kappa shape index (κ1) is 14.1. The van der Waals surface area contributed by atoms with Gasteiger partial charge in [-0.25, -0.2) is 4.68 Å². The van der Waals surface area contributed by atoms with Crippen LogP contribution in [0.15, 0.2) is 30.3 Å². The van der Waals surface area contributed by atoms with Gasteiger partial charge in [0, 0.05) is 19.2 Å². The van der Waals surface area contributed by atoms with E-state index in [2.05, 4.69) is 24.0 Å². The summed E-state index contributed by atoms with van der Waals surface area (Å²) in [6.45, 7) is 5.30. The van der Waals surface area contributed by atoms with E-state index in [9.17, 15) is 5.11 Å². The SMILES string of the molecule is Cc1nn(-c2ccccc2)c(N(C)CC2CC2C)c1CO. The molecule has 1 aliphatic carbocycles. The Labute approximate surface area is 126 Å². The Morgan fingerprint density at radius 1 is 1.33 bits per heavy atom. The molecule has 0 saturated heterocycles. The van der Waals surface area contributed by atoms with Crippen molar-refractivity contribution in [3.8, 4) is 5.69 Å². The summed E-state index contributed by atoms with van der Waals surface area (Å²) in [6, 6.07) is 10.1. The molecule has 1 N–H and O–H groups in total. The van der Waals surface area contributed by atoms with Crippen molar-refractivity contribution in [1.29, 1.82) is 0 Å². The Hall–Kier alpha value is -1.81. The lowest BCUT2D eigenvalue weighted by atomic mass is 10.2. The van der Waals surface area contributed by atoms with E-state index in [1.54, 1.807) is 0 Å². The van der Waals surface area contributed by atoms with Crippen molar-refractivity contribution in [2.24, 2.45) is 11.8 Å². The third-order valence-corrected chi connectivity index (χ3v) is 4.46. The number of aliphatic hydroxyl groups excluding tert-OH is 1. The van der Waals surface area contributed by atoms with E-state index >= 15 is 0 Å². The molecule has 4 heteroatoms. The second-order valence-electron chi connectivity index (χ2n) is 6.15. The van der Waals surface area contributed by atoms with E-state index in [1.807, 2.05) is 41.9 Å². The number of hydrogen-bond acceptors (Lipinski definition) is 3. The maximum Gasteiger partial charge on any atom is 0.137 e. The standard InChI is InChI=1S/C17H23N3O/c1-12-9-14(12)10-19(3)17-16(11-21)13(2)18-20(17)15-7-5-4-6-8-15/h4-8,12,14,21H,9-11H2,1-3H3. The van der Waals surface area contributed by atoms with Gasteiger partial charge in [0.25, 0.3) is 0 Å². The molecule has 2 unspecified atom stereocenters. The highest BCUT2D eigenvalue weighted by atomic mass is 16.3. The van der Waals surface area contributed by atoms with Crippen molar-refractivity contribution in [3.63, 3.8) is 0 Å². The number of para-hydroxylation sites is 1. The Kier molecular flexibility index (Phi) is 3.72. The lowest BCUT2D eigenvalue weighted by Gasteiger charge is -2.22. The molecule has 1 aromatic heterocycles. The van der Waals surface area contributed by atoms with E-state index in [0.717, 1.165) is 41.1 Å². The Morgan fingerprint density at radius 2 is 2.00 bits per heavy atom. The number of nitrogens with zero attached hydrogens (tertiary/aromatic N) is 3. The molecule has 0 aliphatic heterocycles. The van der Waals surface area contributed by atoms with Gasteiger partial charge in [-0.15, -0.1) is 0 Å². The quantitative estimate of drug-likeness (QED) is 0.918. The molecule has 3 rings (SSSR count). The lowest BCUT2D eigenvalue weighted by molar-refractivity contribution is 0.281. The predicted molar refractivity (Wildman–Crippen MR) is 84.8 cm³/mol. The number of anilines is 1. The van der Waals surface area contributed by atoms with Gasteiger partial charge in [-0.05, 0) is 37.3 Å². The molecule has 2 aromatic rings. The molecule has 4 nitrogen and oxygen atoms in total. The second-order valence-corrected chi connectivity index (χ2v) is 6.15. The first-order chi connectivity index (χ1) is 10.1. The van der Waals surface area contributed by atoms with Crippen LogP contribution in [0.1, 0.15) is 24.6 Å². The molecular weight excluding hydrogens is 262 g/mol. The monoisotopic (exact) mass is 285 g/mol. The van der Waals surface area contributed by atoms with Crippen molar-refractivity contribution in [3.05, 3.63) is 41.6 Å². The number of hydrogen-bond donors (Lipinski definition) is 1. The zero-order chi connectivity index (χ0) is 15.0. The van der Waals surface area contributed by atoms with Gasteiger partial charge in [0.05, 0.1) is 18.0 Å². The van der Waals surface area contributed by atoms with E-state index in [-0.39, 0.29) is 6.61 Å². The highest BCUT2D eigenvalue weighted by molar-refractivity contribution is 5.54. The van der Waals surface area contributed by atoms with Crippen molar-refractivity contribution in [2.45, 2.75) is 26.9 Å². The van der Waals surface area contributed by atoms with E-state index in [1.165, 1.54) is 6.42 Å². The van der Waals surface area contributed by atoms with E-state index in [0.29, 0.717) is 0 Å². The highest BCUT2D eigenvalue weighted by Gasteiger charge is 2.34. The van der Waals surface area contributed by atoms with Gasteiger partial charge < -0.3 is 10.0 Å². The average molecular weight is 285 g/mol. The maximum atomic E-state index is 9.73. The maximum absolute atomic E-state index is 9.73. The molecule has 112 valence electrons. The molecule has 1 aromatic carbocycles. The third-order valence-electron chi connectivity index (χ3n) is 4.46. The van der Waals surface area contributed by atoms with Gasteiger partial charge in [-0.3, -0.25) is 0 Å². The normalized spacial score (nSPS) is 20.6. The van der Waals surface area contributed by atoms with Crippen LogP contribution in [0.4, 0.5) is 5.82 Å². The summed E-state index contributed by atoms with van der Waals surface area (Å²) < 4.78 is 1.95. The van der Waals surface area contributed by atoms with Gasteiger partial charge in [-0.2, -0.15) is 5.10 Å². The third kappa shape index (κ3) is 2.68. The van der Waals surface area contributed by atoms with Gasteiger partial charge in [0.2, 0.25) is 0 Å². The zero-order valence-corrected chi connectivity index (χ0v) is 13.0. The largest absolute Gasteiger partial charge is 0.391 e. The summed E-state index contributed by atoms with van der Waals surface area (Å²) in [4.78, 5) is 2.24. The molecular formula is C17H23N3O. The molecule has 0 bridgehead atoms. The Morgan fingerprint density at radius 3 is 2.57 bits per heavy atom. The topological polar surface area (TPSA) is 41.3 Å². The van der Waals surface area contributed by atoms with Crippen molar-refractivity contribution < 1.29 is 5.11 Å². The fourth-order valence-electron chi connectivity index (χ4n) is 2.97. The van der Waals surface area contributed by atoms with Crippen LogP contribution in [0, 0.1) is 18.8 Å². The van der Waals surface area contributed by atoms with Crippen LogP contribution < -0.4 is 4.90 Å². The molecule has 1 aliphatic rings. The number of aliphatic hydroxyl groups is 1. The molecule has 1 fully saturated rings. The summed E-state index contributed by atoms with van der Waals surface area (Å²) in [7, 11) is 2.10. The van der Waals surface area contributed by atoms with Crippen molar-refractivity contribution >= 4 is 5.82 Å². The summed E-state index contributed by atoms with van der Waals surface area (Å²) in [6.07, 6.45) is 1.30. The minimum Gasteiger partial charge on any atom is -0.391 e. The first-order valence-corrected chi connectivity index (χ1v) is 7.57. The molecule has 1 saturated carbocycles. The van der Waals surface area contributed by atoms with E-state index in [4.69, 9.17) is 0 Å². The average Bonchev–Trinajstić information content (AvgIpc) is 3.06. The van der Waals surface area contributed by atoms with Crippen LogP contribution in [-0.4, -0.2) is 28.5 Å². The summed E-state index contributed by atoms with van der Waals surface area (Å²) >= 11 is 0. The number of benzene rings is 1. The number of aryl methyl sites for hydroxylation is 1. The first-order valence-electron chi connectivity index (χ1n) is 7.57. The smallest absolute Gasteiger partial charge is 0.137 e. The Balaban J connectivity index is 2.00. The van der Waals surface area contributed by atoms with Crippen LogP contribution in [0.2, 0.25) is 0 Å². The van der Waals surface area contributed by atoms with Crippen LogP contribution in [0.25, 0.3) is 5.69 Å². The van der Waals surface area contributed by atoms with Gasteiger partial charge in [-0.1, -0.05) is 25.1 Å². The van der Waals surface area contributed by atoms with Crippen molar-refractivity contribution in [2.75, 3.05) is 18.5 Å². The summed E-state index contributed by atoms with van der Waals surface area (Å²) in [5.74, 6) is 2.60. The molecule has 0 amide bonds. The van der Waals surface area contributed by atoms with E-state index < -0.39 is 0 Å². The molecule has 0 spiro atoms. The van der Waals surface area contributed by atoms with Gasteiger partial charge in [0.1, 0.15) is 5.82 Å². The zero-order valence-electron chi connectivity index (χ0n) is 13.0. The van der Waals surface area contributed by atoms with Gasteiger partial charge >= 0.3 is 0 Å². The van der Waals surface area contributed by atoms with Crippen LogP contribution in [-0.2, 0) is 6.61 Å². The lowest BCUT2D eigenvalue weighted by Crippen LogP contribution is -2.24. The fourth-order valence-corrected chi connectivity index (χ4v) is 2.97. The number of aromatic nitrogens is 2. The van der Waals surface area contributed by atoms with Crippen molar-refractivity contribution in [1.82, 2.24) is 9.78 Å². The number of rotatable bonds is 5. The Bertz CT molecular complexity index is 620. The fraction of sp³-hybridized carbons (Fsp3) is 0.471. The minimum absolute atomic E-state index is 0.0263. The second kappa shape index (κ2) is 5.53. The molecule has 21 heavy (non-hydrogen) atoms. The summed E-state index contributed by atoms with van der Waals surface area (Å²) in [5.41, 5.74) is 2.85. The highest BCUT2D eigenvalue weighted by Crippen LogP contribution is 2.39. The van der Waals surface area contributed by atoms with Crippen LogP contribution in [0.3, 0.4) is 0 Å². The van der Waals surface area contributed by atoms with Crippen LogP contribution in [0.5, 0.6) is 0 Å².